The van der Waals surface area contributed by atoms with Crippen molar-refractivity contribution >= 4 is 21.7 Å². The zero-order valence-corrected chi connectivity index (χ0v) is 12.6. The molecule has 0 radical (unpaired) electrons. The van der Waals surface area contributed by atoms with Crippen molar-refractivity contribution < 1.29 is 17.9 Å². The van der Waals surface area contributed by atoms with Gasteiger partial charge in [-0.15, -0.1) is 0 Å². The molecule has 0 aromatic heterocycles. The van der Waals surface area contributed by atoms with Crippen molar-refractivity contribution in [1.82, 2.24) is 0 Å². The maximum Gasteiger partial charge on any atom is 0.280 e. The first kappa shape index (κ1) is 15.3. The lowest BCUT2D eigenvalue weighted by Crippen LogP contribution is -2.24. The van der Waals surface area contributed by atoms with Gasteiger partial charge in [0.15, 0.2) is 15.8 Å². The van der Waals surface area contributed by atoms with Crippen molar-refractivity contribution in [3.63, 3.8) is 0 Å². The van der Waals surface area contributed by atoms with E-state index in [2.05, 4.69) is 4.99 Å². The number of aliphatic imine (C=N–C) groups is 1. The summed E-state index contributed by atoms with van der Waals surface area (Å²) >= 11 is 0. The van der Waals surface area contributed by atoms with Gasteiger partial charge in [0.05, 0.1) is 6.10 Å². The molecule has 0 heterocycles. The smallest absolute Gasteiger partial charge is 0.280 e. The highest BCUT2D eigenvalue weighted by atomic mass is 32.2. The monoisotopic (exact) mass is 311 g/mol. The highest BCUT2D eigenvalue weighted by Crippen LogP contribution is 2.33. The molecule has 1 aromatic rings. The number of nitrogens with zero attached hydrogens (tertiary/aromatic N) is 1. The predicted octanol–water partition coefficient (Wildman–Crippen LogP) is 0.353. The Balaban J connectivity index is 2.53. The minimum atomic E-state index is -3.54. The molecule has 0 spiro atoms. The van der Waals surface area contributed by atoms with E-state index in [-0.39, 0.29) is 28.3 Å². The van der Waals surface area contributed by atoms with E-state index in [1.54, 1.807) is 6.92 Å². The molecular formula is C13H17N3O4S. The van der Waals surface area contributed by atoms with Gasteiger partial charge < -0.3 is 16.2 Å². The number of hydrogen-bond acceptors (Lipinski definition) is 4. The topological polar surface area (TPSA) is 125 Å². The van der Waals surface area contributed by atoms with Crippen LogP contribution in [0.3, 0.4) is 0 Å². The number of rotatable bonds is 4. The highest BCUT2D eigenvalue weighted by molar-refractivity contribution is 7.90. The quantitative estimate of drug-likeness (QED) is 0.610. The van der Waals surface area contributed by atoms with Crippen LogP contribution in [0.15, 0.2) is 22.0 Å². The summed E-state index contributed by atoms with van der Waals surface area (Å²) in [6.45, 7) is 1.67. The fraction of sp³-hybridized carbons (Fsp3) is 0.385. The van der Waals surface area contributed by atoms with E-state index in [9.17, 15) is 13.2 Å². The third kappa shape index (κ3) is 3.72. The second-order valence-corrected chi connectivity index (χ2v) is 7.03. The van der Waals surface area contributed by atoms with Gasteiger partial charge in [0, 0.05) is 11.8 Å². The van der Waals surface area contributed by atoms with Crippen LogP contribution in [0.5, 0.6) is 5.75 Å². The summed E-state index contributed by atoms with van der Waals surface area (Å²) in [4.78, 5) is 15.3. The van der Waals surface area contributed by atoms with E-state index in [1.165, 1.54) is 12.1 Å². The molecule has 0 unspecified atom stereocenters. The van der Waals surface area contributed by atoms with Crippen LogP contribution in [0.25, 0.3) is 0 Å². The van der Waals surface area contributed by atoms with E-state index in [1.807, 2.05) is 0 Å². The van der Waals surface area contributed by atoms with Crippen LogP contribution in [0.2, 0.25) is 0 Å². The third-order valence-corrected chi connectivity index (χ3v) is 4.09. The normalized spacial score (nSPS) is 14.6. The molecular weight excluding hydrogens is 294 g/mol. The van der Waals surface area contributed by atoms with Gasteiger partial charge >= 0.3 is 0 Å². The Morgan fingerprint density at radius 3 is 2.43 bits per heavy atom. The lowest BCUT2D eigenvalue weighted by atomic mass is 10.1. The minimum Gasteiger partial charge on any atom is -0.489 e. The number of sulfone groups is 1. The van der Waals surface area contributed by atoms with Gasteiger partial charge in [0.2, 0.25) is 0 Å². The number of carbonyl (C=O) groups is 1. The number of ether oxygens (including phenoxy) is 1. The zero-order chi connectivity index (χ0) is 15.8. The number of benzene rings is 1. The second-order valence-electron chi connectivity index (χ2n) is 5.05. The fourth-order valence-corrected chi connectivity index (χ4v) is 2.62. The summed E-state index contributed by atoms with van der Waals surface area (Å²) in [6.07, 6.45) is 2.91. The standard InChI is InChI=1S/C13H17N3O4S/c1-7-5-10(20-8-3-4-8)11(21(2,18)19)6-9(7)12(17)16-13(14)15/h5-6,8H,3-4H2,1-2H3,(H4,14,15,16,17). The van der Waals surface area contributed by atoms with E-state index >= 15 is 0 Å². The van der Waals surface area contributed by atoms with Crippen LogP contribution in [-0.4, -0.2) is 32.6 Å². The summed E-state index contributed by atoms with van der Waals surface area (Å²) in [5, 5.41) is 0. The Kier molecular flexibility index (Phi) is 3.91. The Morgan fingerprint density at radius 2 is 1.95 bits per heavy atom. The van der Waals surface area contributed by atoms with E-state index in [0.29, 0.717) is 5.56 Å². The molecule has 7 nitrogen and oxygen atoms in total. The van der Waals surface area contributed by atoms with Crippen molar-refractivity contribution in [3.8, 4) is 5.75 Å². The fourth-order valence-electron chi connectivity index (χ4n) is 1.82. The molecule has 0 saturated heterocycles. The van der Waals surface area contributed by atoms with E-state index < -0.39 is 15.7 Å². The molecule has 1 amide bonds. The molecule has 0 aliphatic heterocycles. The Morgan fingerprint density at radius 1 is 1.33 bits per heavy atom. The lowest BCUT2D eigenvalue weighted by Gasteiger charge is -2.13. The van der Waals surface area contributed by atoms with Gasteiger partial charge in [-0.3, -0.25) is 4.79 Å². The number of nitrogens with two attached hydrogens (primary N) is 2. The molecule has 1 aliphatic rings. The lowest BCUT2D eigenvalue weighted by molar-refractivity contribution is 0.100. The Bertz CT molecular complexity index is 717. The number of aryl methyl sites for hydroxylation is 1. The highest BCUT2D eigenvalue weighted by Gasteiger charge is 2.27. The van der Waals surface area contributed by atoms with Crippen LogP contribution < -0.4 is 16.2 Å². The van der Waals surface area contributed by atoms with Crippen LogP contribution in [-0.2, 0) is 9.84 Å². The van der Waals surface area contributed by atoms with Crippen molar-refractivity contribution in [3.05, 3.63) is 23.3 Å². The molecule has 2 rings (SSSR count). The molecule has 1 aliphatic carbocycles. The number of guanidine groups is 1. The van der Waals surface area contributed by atoms with Crippen molar-refractivity contribution in [2.24, 2.45) is 16.5 Å². The first-order valence-electron chi connectivity index (χ1n) is 6.34. The average Bonchev–Trinajstić information content (AvgIpc) is 3.10. The third-order valence-electron chi connectivity index (χ3n) is 2.97. The molecule has 0 atom stereocenters. The largest absolute Gasteiger partial charge is 0.489 e. The summed E-state index contributed by atoms with van der Waals surface area (Å²) in [5.41, 5.74) is 11.0. The summed E-state index contributed by atoms with van der Waals surface area (Å²) in [7, 11) is -3.54. The molecule has 4 N–H and O–H groups in total. The van der Waals surface area contributed by atoms with E-state index in [0.717, 1.165) is 19.1 Å². The zero-order valence-electron chi connectivity index (χ0n) is 11.8. The van der Waals surface area contributed by atoms with Gasteiger partial charge in [-0.2, -0.15) is 4.99 Å². The first-order valence-corrected chi connectivity index (χ1v) is 8.23. The van der Waals surface area contributed by atoms with Crippen molar-refractivity contribution in [1.29, 1.82) is 0 Å². The van der Waals surface area contributed by atoms with Crippen LogP contribution in [0.4, 0.5) is 0 Å². The number of amides is 1. The predicted molar refractivity (Wildman–Crippen MR) is 78.1 cm³/mol. The summed E-state index contributed by atoms with van der Waals surface area (Å²) in [6, 6.07) is 2.79. The van der Waals surface area contributed by atoms with Gasteiger partial charge in [-0.25, -0.2) is 8.42 Å². The number of hydrogen-bond donors (Lipinski definition) is 2. The SMILES string of the molecule is Cc1cc(OC2CC2)c(S(C)(=O)=O)cc1C(=O)N=C(N)N. The van der Waals surface area contributed by atoms with Gasteiger partial charge in [-0.05, 0) is 37.5 Å². The Labute approximate surface area is 122 Å². The van der Waals surface area contributed by atoms with Crippen molar-refractivity contribution in [2.75, 3.05) is 6.26 Å². The van der Waals surface area contributed by atoms with Gasteiger partial charge in [0.25, 0.3) is 5.91 Å². The molecule has 1 fully saturated rings. The average molecular weight is 311 g/mol. The molecule has 21 heavy (non-hydrogen) atoms. The molecule has 1 aromatic carbocycles. The maximum absolute atomic E-state index is 11.9. The van der Waals surface area contributed by atoms with Crippen molar-refractivity contribution in [2.45, 2.75) is 30.8 Å². The Hall–Kier alpha value is -2.09. The number of carbonyl (C=O) groups excluding carboxylic acids is 1. The van der Waals surface area contributed by atoms with Gasteiger partial charge in [-0.1, -0.05) is 0 Å². The second kappa shape index (κ2) is 5.36. The molecule has 0 bridgehead atoms. The summed E-state index contributed by atoms with van der Waals surface area (Å²) in [5.74, 6) is -0.798. The van der Waals surface area contributed by atoms with Crippen LogP contribution in [0, 0.1) is 6.92 Å². The first-order chi connectivity index (χ1) is 9.68. The minimum absolute atomic E-state index is 0.0332. The maximum atomic E-state index is 11.9. The van der Waals surface area contributed by atoms with E-state index in [4.69, 9.17) is 16.2 Å². The van der Waals surface area contributed by atoms with Crippen LogP contribution >= 0.6 is 0 Å². The molecule has 8 heteroatoms. The summed E-state index contributed by atoms with van der Waals surface area (Å²) < 4.78 is 29.4. The van der Waals surface area contributed by atoms with Crippen LogP contribution in [0.1, 0.15) is 28.8 Å². The molecule has 114 valence electrons. The molecule has 1 saturated carbocycles. The van der Waals surface area contributed by atoms with Gasteiger partial charge in [0.1, 0.15) is 10.6 Å².